The Bertz CT molecular complexity index is 723. The number of nitrogens with zero attached hydrogens (tertiary/aromatic N) is 2. The van der Waals surface area contributed by atoms with Gasteiger partial charge in [-0.25, -0.2) is 18.0 Å². The van der Waals surface area contributed by atoms with Gasteiger partial charge in [-0.2, -0.15) is 0 Å². The standard InChI is InChI=1S/C18H18F3N3O/c19-14-6-4-13(5-7-14)12-22-18(25)24-10-8-23(9-11-24)17-15(20)2-1-3-16(17)21/h1-7H,8-12H2,(H,22,25). The van der Waals surface area contributed by atoms with Crippen LogP contribution in [-0.2, 0) is 6.54 Å². The maximum atomic E-state index is 13.8. The molecule has 0 saturated carbocycles. The van der Waals surface area contributed by atoms with Crippen LogP contribution in [0.2, 0.25) is 0 Å². The van der Waals surface area contributed by atoms with E-state index in [1.54, 1.807) is 21.9 Å². The predicted octanol–water partition coefficient (Wildman–Crippen LogP) is 3.14. The molecule has 1 aliphatic rings. The van der Waals surface area contributed by atoms with E-state index in [1.165, 1.54) is 30.3 Å². The smallest absolute Gasteiger partial charge is 0.317 e. The van der Waals surface area contributed by atoms with Gasteiger partial charge in [0.15, 0.2) is 0 Å². The molecule has 0 radical (unpaired) electrons. The van der Waals surface area contributed by atoms with E-state index in [1.807, 2.05) is 0 Å². The number of anilines is 1. The minimum absolute atomic E-state index is 0.0473. The number of halogens is 3. The summed E-state index contributed by atoms with van der Waals surface area (Å²) in [5, 5.41) is 2.76. The third-order valence-corrected chi connectivity index (χ3v) is 4.18. The molecule has 2 aromatic carbocycles. The van der Waals surface area contributed by atoms with Crippen molar-refractivity contribution in [2.24, 2.45) is 0 Å². The lowest BCUT2D eigenvalue weighted by atomic mass is 10.2. The number of piperazine rings is 1. The van der Waals surface area contributed by atoms with Gasteiger partial charge < -0.3 is 15.1 Å². The second-order valence-corrected chi connectivity index (χ2v) is 5.83. The van der Waals surface area contributed by atoms with E-state index in [9.17, 15) is 18.0 Å². The molecule has 1 saturated heterocycles. The monoisotopic (exact) mass is 349 g/mol. The van der Waals surface area contributed by atoms with E-state index in [2.05, 4.69) is 5.32 Å². The average Bonchev–Trinajstić information content (AvgIpc) is 2.61. The molecule has 0 bridgehead atoms. The van der Waals surface area contributed by atoms with Gasteiger partial charge >= 0.3 is 6.03 Å². The molecule has 1 N–H and O–H groups in total. The van der Waals surface area contributed by atoms with Gasteiger partial charge in [-0.15, -0.1) is 0 Å². The molecule has 1 fully saturated rings. The van der Waals surface area contributed by atoms with Crippen molar-refractivity contribution in [2.45, 2.75) is 6.54 Å². The van der Waals surface area contributed by atoms with E-state index in [0.717, 1.165) is 5.56 Å². The van der Waals surface area contributed by atoms with Crippen LogP contribution in [0.15, 0.2) is 42.5 Å². The molecule has 0 unspecified atom stereocenters. The lowest BCUT2D eigenvalue weighted by Gasteiger charge is -2.36. The zero-order chi connectivity index (χ0) is 17.8. The van der Waals surface area contributed by atoms with Gasteiger partial charge in [-0.3, -0.25) is 0 Å². The van der Waals surface area contributed by atoms with Crippen LogP contribution in [0, 0.1) is 17.5 Å². The molecule has 1 aliphatic heterocycles. The Morgan fingerprint density at radius 2 is 1.52 bits per heavy atom. The third-order valence-electron chi connectivity index (χ3n) is 4.18. The van der Waals surface area contributed by atoms with Crippen molar-refractivity contribution in [1.82, 2.24) is 10.2 Å². The molecular formula is C18H18F3N3O. The van der Waals surface area contributed by atoms with Gasteiger partial charge in [0, 0.05) is 32.7 Å². The van der Waals surface area contributed by atoms with Gasteiger partial charge in [0.25, 0.3) is 0 Å². The molecule has 132 valence electrons. The predicted molar refractivity (Wildman–Crippen MR) is 88.8 cm³/mol. The van der Waals surface area contributed by atoms with Crippen LogP contribution < -0.4 is 10.2 Å². The van der Waals surface area contributed by atoms with E-state index in [-0.39, 0.29) is 17.5 Å². The van der Waals surface area contributed by atoms with Crippen molar-refractivity contribution in [3.8, 4) is 0 Å². The Hall–Kier alpha value is -2.70. The number of nitrogens with one attached hydrogen (secondary N) is 1. The molecular weight excluding hydrogens is 331 g/mol. The molecule has 7 heteroatoms. The summed E-state index contributed by atoms with van der Waals surface area (Å²) in [7, 11) is 0. The normalized spacial score (nSPS) is 14.5. The number of hydrogen-bond donors (Lipinski definition) is 1. The van der Waals surface area contributed by atoms with Crippen LogP contribution in [0.4, 0.5) is 23.7 Å². The van der Waals surface area contributed by atoms with Crippen LogP contribution in [0.3, 0.4) is 0 Å². The zero-order valence-electron chi connectivity index (χ0n) is 13.5. The Morgan fingerprint density at radius 3 is 2.12 bits per heavy atom. The Labute approximate surface area is 143 Å². The highest BCUT2D eigenvalue weighted by atomic mass is 19.1. The van der Waals surface area contributed by atoms with Crippen LogP contribution >= 0.6 is 0 Å². The molecule has 25 heavy (non-hydrogen) atoms. The fourth-order valence-corrected chi connectivity index (χ4v) is 2.82. The number of amides is 2. The van der Waals surface area contributed by atoms with Gasteiger partial charge in [0.05, 0.1) is 0 Å². The highest BCUT2D eigenvalue weighted by molar-refractivity contribution is 5.74. The molecule has 3 rings (SSSR count). The van der Waals surface area contributed by atoms with Crippen LogP contribution in [0.25, 0.3) is 0 Å². The van der Waals surface area contributed by atoms with Crippen molar-refractivity contribution < 1.29 is 18.0 Å². The second kappa shape index (κ2) is 7.46. The first-order chi connectivity index (χ1) is 12.0. The van der Waals surface area contributed by atoms with Gasteiger partial charge in [-0.1, -0.05) is 18.2 Å². The number of para-hydroxylation sites is 1. The number of benzene rings is 2. The SMILES string of the molecule is O=C(NCc1ccc(F)cc1)N1CCN(c2c(F)cccc2F)CC1. The molecule has 2 amide bonds. The number of rotatable bonds is 3. The topological polar surface area (TPSA) is 35.6 Å². The maximum Gasteiger partial charge on any atom is 0.317 e. The number of carbonyl (C=O) groups is 1. The Balaban J connectivity index is 1.53. The summed E-state index contributed by atoms with van der Waals surface area (Å²) in [5.41, 5.74) is 0.746. The molecule has 1 heterocycles. The van der Waals surface area contributed by atoms with Crippen LogP contribution in [-0.4, -0.2) is 37.1 Å². The molecule has 0 aromatic heterocycles. The molecule has 0 atom stereocenters. The summed E-state index contributed by atoms with van der Waals surface area (Å²) in [5.74, 6) is -1.53. The lowest BCUT2D eigenvalue weighted by molar-refractivity contribution is 0.193. The molecule has 0 aliphatic carbocycles. The van der Waals surface area contributed by atoms with Gasteiger partial charge in [-0.05, 0) is 29.8 Å². The quantitative estimate of drug-likeness (QED) is 0.924. The highest BCUT2D eigenvalue weighted by Crippen LogP contribution is 2.24. The maximum absolute atomic E-state index is 13.8. The second-order valence-electron chi connectivity index (χ2n) is 5.83. The third kappa shape index (κ3) is 4.04. The van der Waals surface area contributed by atoms with Crippen molar-refractivity contribution in [3.63, 3.8) is 0 Å². The highest BCUT2D eigenvalue weighted by Gasteiger charge is 2.24. The fraction of sp³-hybridized carbons (Fsp3) is 0.278. The summed E-state index contributed by atoms with van der Waals surface area (Å²) in [6.45, 7) is 1.72. The zero-order valence-corrected chi connectivity index (χ0v) is 13.5. The van der Waals surface area contributed by atoms with Gasteiger partial charge in [0.1, 0.15) is 23.1 Å². The summed E-state index contributed by atoms with van der Waals surface area (Å²) in [6, 6.07) is 9.40. The minimum atomic E-state index is -0.603. The molecule has 4 nitrogen and oxygen atoms in total. The van der Waals surface area contributed by atoms with Crippen molar-refractivity contribution in [2.75, 3.05) is 31.1 Å². The summed E-state index contributed by atoms with van der Waals surface area (Å²) in [4.78, 5) is 15.4. The van der Waals surface area contributed by atoms with Crippen molar-refractivity contribution in [3.05, 3.63) is 65.5 Å². The summed E-state index contributed by atoms with van der Waals surface area (Å²) >= 11 is 0. The molecule has 2 aromatic rings. The fourth-order valence-electron chi connectivity index (χ4n) is 2.82. The largest absolute Gasteiger partial charge is 0.363 e. The van der Waals surface area contributed by atoms with E-state index < -0.39 is 11.6 Å². The number of carbonyl (C=O) groups excluding carboxylic acids is 1. The average molecular weight is 349 g/mol. The van der Waals surface area contributed by atoms with E-state index >= 15 is 0 Å². The minimum Gasteiger partial charge on any atom is -0.363 e. The van der Waals surface area contributed by atoms with Crippen LogP contribution in [0.1, 0.15) is 5.56 Å². The van der Waals surface area contributed by atoms with Crippen molar-refractivity contribution in [1.29, 1.82) is 0 Å². The Kier molecular flexibility index (Phi) is 5.11. The van der Waals surface area contributed by atoms with E-state index in [4.69, 9.17) is 0 Å². The summed E-state index contributed by atoms with van der Waals surface area (Å²) < 4.78 is 40.5. The first-order valence-electron chi connectivity index (χ1n) is 8.01. The first kappa shape index (κ1) is 17.1. The molecule has 0 spiro atoms. The number of urea groups is 1. The lowest BCUT2D eigenvalue weighted by Crippen LogP contribution is -2.52. The van der Waals surface area contributed by atoms with Crippen molar-refractivity contribution >= 4 is 11.7 Å². The van der Waals surface area contributed by atoms with Crippen LogP contribution in [0.5, 0.6) is 0 Å². The number of hydrogen-bond acceptors (Lipinski definition) is 2. The van der Waals surface area contributed by atoms with E-state index in [0.29, 0.717) is 32.7 Å². The Morgan fingerprint density at radius 1 is 0.920 bits per heavy atom. The summed E-state index contributed by atoms with van der Waals surface area (Å²) in [6.07, 6.45) is 0. The van der Waals surface area contributed by atoms with Gasteiger partial charge in [0.2, 0.25) is 0 Å². The first-order valence-corrected chi connectivity index (χ1v) is 8.01.